The topological polar surface area (TPSA) is 77.8 Å². The highest BCUT2D eigenvalue weighted by molar-refractivity contribution is 6.04. The summed E-state index contributed by atoms with van der Waals surface area (Å²) in [6.07, 6.45) is 1.50. The van der Waals surface area contributed by atoms with Gasteiger partial charge in [-0.05, 0) is 48.5 Å². The van der Waals surface area contributed by atoms with Gasteiger partial charge in [-0.3, -0.25) is 4.79 Å². The minimum absolute atomic E-state index is 0.350. The molecule has 1 amide bonds. The van der Waals surface area contributed by atoms with E-state index in [-0.39, 0.29) is 5.91 Å². The van der Waals surface area contributed by atoms with Gasteiger partial charge in [-0.25, -0.2) is 9.37 Å². The molecule has 0 aliphatic rings. The summed E-state index contributed by atoms with van der Waals surface area (Å²) in [4.78, 5) is 16.3. The fourth-order valence-corrected chi connectivity index (χ4v) is 2.17. The predicted octanol–water partition coefficient (Wildman–Crippen LogP) is 4.09. The highest BCUT2D eigenvalue weighted by Gasteiger charge is 2.07. The van der Waals surface area contributed by atoms with Crippen LogP contribution >= 0.6 is 0 Å². The normalized spacial score (nSPS) is 9.92. The van der Waals surface area contributed by atoms with Gasteiger partial charge in [-0.15, -0.1) is 0 Å². The molecule has 0 aliphatic carbocycles. The summed E-state index contributed by atoms with van der Waals surface area (Å²) in [7, 11) is 0. The number of nitrogens with zero attached hydrogens (tertiary/aromatic N) is 2. The number of nitrogens with one attached hydrogen (secondary N) is 2. The summed E-state index contributed by atoms with van der Waals surface area (Å²) in [5.74, 6) is -0.203. The van der Waals surface area contributed by atoms with Crippen molar-refractivity contribution in [1.82, 2.24) is 4.98 Å². The Bertz CT molecular complexity index is 931. The number of hydrogen-bond acceptors (Lipinski definition) is 4. The van der Waals surface area contributed by atoms with Crippen molar-refractivity contribution in [2.75, 3.05) is 10.6 Å². The molecule has 0 spiro atoms. The van der Waals surface area contributed by atoms with Crippen molar-refractivity contribution in [2.45, 2.75) is 0 Å². The van der Waals surface area contributed by atoms with E-state index in [4.69, 9.17) is 5.26 Å². The average molecular weight is 332 g/mol. The molecule has 0 fully saturated rings. The standard InChI is InChI=1S/C19H13FN4O/c20-15-7-5-13(6-8-15)19(25)23-16-9-10-18(22-12-16)24-17-4-2-1-3-14(17)11-21/h1-10,12H,(H,22,24)(H,23,25). The number of hydrogen-bond donors (Lipinski definition) is 2. The highest BCUT2D eigenvalue weighted by Crippen LogP contribution is 2.20. The second-order valence-electron chi connectivity index (χ2n) is 5.18. The molecular weight excluding hydrogens is 319 g/mol. The Labute approximate surface area is 143 Å². The predicted molar refractivity (Wildman–Crippen MR) is 93.0 cm³/mol. The number of benzene rings is 2. The lowest BCUT2D eigenvalue weighted by molar-refractivity contribution is 0.102. The van der Waals surface area contributed by atoms with Crippen LogP contribution in [0.15, 0.2) is 66.9 Å². The largest absolute Gasteiger partial charge is 0.339 e. The Balaban J connectivity index is 1.69. The molecular formula is C19H13FN4O. The van der Waals surface area contributed by atoms with Crippen LogP contribution in [0.3, 0.4) is 0 Å². The maximum Gasteiger partial charge on any atom is 0.255 e. The van der Waals surface area contributed by atoms with Crippen LogP contribution in [-0.4, -0.2) is 10.9 Å². The Kier molecular flexibility index (Phi) is 4.67. The van der Waals surface area contributed by atoms with Crippen LogP contribution in [0.4, 0.5) is 21.6 Å². The molecule has 5 nitrogen and oxygen atoms in total. The average Bonchev–Trinajstić information content (AvgIpc) is 2.64. The van der Waals surface area contributed by atoms with Gasteiger partial charge in [-0.1, -0.05) is 12.1 Å². The molecule has 1 heterocycles. The van der Waals surface area contributed by atoms with Crippen LogP contribution in [0.2, 0.25) is 0 Å². The summed E-state index contributed by atoms with van der Waals surface area (Å²) < 4.78 is 12.9. The second-order valence-corrected chi connectivity index (χ2v) is 5.18. The van der Waals surface area contributed by atoms with Crippen LogP contribution in [-0.2, 0) is 0 Å². The van der Waals surface area contributed by atoms with E-state index in [0.29, 0.717) is 28.3 Å². The van der Waals surface area contributed by atoms with Gasteiger partial charge >= 0.3 is 0 Å². The summed E-state index contributed by atoms with van der Waals surface area (Å²) in [5.41, 5.74) is 2.03. The molecule has 0 saturated heterocycles. The SMILES string of the molecule is N#Cc1ccccc1Nc1ccc(NC(=O)c2ccc(F)cc2)cn1. The van der Waals surface area contributed by atoms with Gasteiger partial charge in [0.25, 0.3) is 5.91 Å². The van der Waals surface area contributed by atoms with Crippen LogP contribution in [0.1, 0.15) is 15.9 Å². The highest BCUT2D eigenvalue weighted by atomic mass is 19.1. The van der Waals surface area contributed by atoms with Gasteiger partial charge in [0.1, 0.15) is 17.7 Å². The van der Waals surface area contributed by atoms with E-state index in [1.807, 2.05) is 6.07 Å². The monoisotopic (exact) mass is 332 g/mol. The Morgan fingerprint density at radius 2 is 1.80 bits per heavy atom. The van der Waals surface area contributed by atoms with Crippen LogP contribution in [0, 0.1) is 17.1 Å². The van der Waals surface area contributed by atoms with Gasteiger partial charge < -0.3 is 10.6 Å². The lowest BCUT2D eigenvalue weighted by Gasteiger charge is -2.09. The maximum absolute atomic E-state index is 12.9. The number of rotatable bonds is 4. The third-order valence-corrected chi connectivity index (χ3v) is 3.44. The van der Waals surface area contributed by atoms with Crippen molar-refractivity contribution in [1.29, 1.82) is 5.26 Å². The number of aromatic nitrogens is 1. The molecule has 1 aromatic heterocycles. The minimum Gasteiger partial charge on any atom is -0.339 e. The molecule has 0 bridgehead atoms. The summed E-state index contributed by atoms with van der Waals surface area (Å²) in [6, 6.07) is 17.8. The number of amides is 1. The first-order valence-electron chi connectivity index (χ1n) is 7.45. The van der Waals surface area contributed by atoms with E-state index < -0.39 is 5.82 Å². The molecule has 0 aliphatic heterocycles. The van der Waals surface area contributed by atoms with Crippen molar-refractivity contribution in [2.24, 2.45) is 0 Å². The zero-order valence-electron chi connectivity index (χ0n) is 13.0. The number of halogens is 1. The lowest BCUT2D eigenvalue weighted by atomic mass is 10.2. The maximum atomic E-state index is 12.9. The third-order valence-electron chi connectivity index (χ3n) is 3.44. The molecule has 0 radical (unpaired) electrons. The van der Waals surface area contributed by atoms with Crippen molar-refractivity contribution in [3.63, 3.8) is 0 Å². The molecule has 122 valence electrons. The van der Waals surface area contributed by atoms with Gasteiger partial charge in [0.15, 0.2) is 0 Å². The number of anilines is 3. The molecule has 0 unspecified atom stereocenters. The van der Waals surface area contributed by atoms with Crippen molar-refractivity contribution < 1.29 is 9.18 Å². The first kappa shape index (κ1) is 16.1. The Morgan fingerprint density at radius 3 is 2.48 bits per heavy atom. The number of para-hydroxylation sites is 1. The van der Waals surface area contributed by atoms with E-state index >= 15 is 0 Å². The van der Waals surface area contributed by atoms with E-state index in [2.05, 4.69) is 21.7 Å². The number of pyridine rings is 1. The third kappa shape index (κ3) is 3.98. The van der Waals surface area contributed by atoms with Gasteiger partial charge in [0.05, 0.1) is 23.1 Å². The molecule has 25 heavy (non-hydrogen) atoms. The smallest absolute Gasteiger partial charge is 0.255 e. The minimum atomic E-state index is -0.397. The molecule has 2 N–H and O–H groups in total. The van der Waals surface area contributed by atoms with E-state index in [1.165, 1.54) is 30.5 Å². The zero-order chi connectivity index (χ0) is 17.6. The Hall–Kier alpha value is -3.72. The van der Waals surface area contributed by atoms with E-state index in [9.17, 15) is 9.18 Å². The number of carbonyl (C=O) groups excluding carboxylic acids is 1. The second kappa shape index (κ2) is 7.23. The van der Waals surface area contributed by atoms with E-state index in [1.54, 1.807) is 30.3 Å². The Morgan fingerprint density at radius 1 is 1.04 bits per heavy atom. The molecule has 3 aromatic rings. The lowest BCUT2D eigenvalue weighted by Crippen LogP contribution is -2.12. The van der Waals surface area contributed by atoms with Gasteiger partial charge in [-0.2, -0.15) is 5.26 Å². The van der Waals surface area contributed by atoms with Gasteiger partial charge in [0.2, 0.25) is 0 Å². The summed E-state index contributed by atoms with van der Waals surface area (Å²) >= 11 is 0. The van der Waals surface area contributed by atoms with Gasteiger partial charge in [0, 0.05) is 5.56 Å². The summed E-state index contributed by atoms with van der Waals surface area (Å²) in [5, 5.41) is 14.8. The van der Waals surface area contributed by atoms with Crippen molar-refractivity contribution in [3.05, 3.63) is 83.8 Å². The quantitative estimate of drug-likeness (QED) is 0.754. The zero-order valence-corrected chi connectivity index (χ0v) is 13.0. The molecule has 6 heteroatoms. The van der Waals surface area contributed by atoms with Crippen molar-refractivity contribution >= 4 is 23.1 Å². The molecule has 0 atom stereocenters. The first-order chi connectivity index (χ1) is 12.2. The van der Waals surface area contributed by atoms with Crippen LogP contribution in [0.5, 0.6) is 0 Å². The fourth-order valence-electron chi connectivity index (χ4n) is 2.17. The first-order valence-corrected chi connectivity index (χ1v) is 7.45. The number of nitriles is 1. The number of carbonyl (C=O) groups is 1. The fraction of sp³-hybridized carbons (Fsp3) is 0. The van der Waals surface area contributed by atoms with Crippen molar-refractivity contribution in [3.8, 4) is 6.07 Å². The molecule has 3 rings (SSSR count). The van der Waals surface area contributed by atoms with Crippen LogP contribution in [0.25, 0.3) is 0 Å². The molecule has 2 aromatic carbocycles. The molecule has 0 saturated carbocycles. The van der Waals surface area contributed by atoms with Crippen LogP contribution < -0.4 is 10.6 Å². The van der Waals surface area contributed by atoms with E-state index in [0.717, 1.165) is 0 Å². The summed E-state index contributed by atoms with van der Waals surface area (Å²) in [6.45, 7) is 0.